The minimum absolute atomic E-state index is 0.133. The predicted molar refractivity (Wildman–Crippen MR) is 149 cm³/mol. The number of amides is 1. The summed E-state index contributed by atoms with van der Waals surface area (Å²) in [5.74, 6) is 0.617. The molecule has 6 rings (SSSR count). The zero-order valence-electron chi connectivity index (χ0n) is 20.1. The highest BCUT2D eigenvalue weighted by atomic mass is 35.5. The van der Waals surface area contributed by atoms with E-state index in [9.17, 15) is 4.79 Å². The van der Waals surface area contributed by atoms with Crippen molar-refractivity contribution in [1.82, 2.24) is 14.8 Å². The maximum Gasteiger partial charge on any atom is 0.254 e. The van der Waals surface area contributed by atoms with Crippen LogP contribution in [0.3, 0.4) is 0 Å². The first-order valence-corrected chi connectivity index (χ1v) is 14.0. The predicted octanol–water partition coefficient (Wildman–Crippen LogP) is 5.98. The van der Waals surface area contributed by atoms with Gasteiger partial charge in [0.05, 0.1) is 35.3 Å². The number of benzene rings is 2. The maximum absolute atomic E-state index is 13.4. The van der Waals surface area contributed by atoms with Gasteiger partial charge in [-0.05, 0) is 52.2 Å². The molecule has 2 aliphatic rings. The molecule has 0 bridgehead atoms. The van der Waals surface area contributed by atoms with E-state index in [1.165, 1.54) is 0 Å². The second-order valence-corrected chi connectivity index (χ2v) is 11.0. The lowest BCUT2D eigenvalue weighted by atomic mass is 10.0. The van der Waals surface area contributed by atoms with Crippen LogP contribution >= 0.6 is 35.2 Å². The summed E-state index contributed by atoms with van der Waals surface area (Å²) >= 11 is 13.6. The van der Waals surface area contributed by atoms with Gasteiger partial charge in [-0.2, -0.15) is 11.3 Å². The number of thiophene rings is 1. The number of rotatable bonds is 6. The third-order valence-corrected chi connectivity index (χ3v) is 8.26. The highest BCUT2D eigenvalue weighted by molar-refractivity contribution is 7.71. The first-order chi connectivity index (χ1) is 18.0. The third-order valence-electron chi connectivity index (χ3n) is 6.86. The van der Waals surface area contributed by atoms with Crippen LogP contribution in [0, 0.1) is 4.51 Å². The fraction of sp³-hybridized carbons (Fsp3) is 0.286. The summed E-state index contributed by atoms with van der Waals surface area (Å²) in [6.07, 6.45) is 1.75. The van der Waals surface area contributed by atoms with Gasteiger partial charge in [-0.3, -0.25) is 9.69 Å². The number of nitrogens with zero attached hydrogens (tertiary/aromatic N) is 2. The molecule has 1 fully saturated rings. The Morgan fingerprint density at radius 1 is 1.14 bits per heavy atom. The molecule has 4 heterocycles. The number of morpholine rings is 1. The van der Waals surface area contributed by atoms with E-state index in [-0.39, 0.29) is 12.0 Å². The zero-order valence-corrected chi connectivity index (χ0v) is 22.5. The number of carbonyl (C=O) groups excluding carboxylic acids is 1. The largest absolute Gasteiger partial charge is 0.482 e. The summed E-state index contributed by atoms with van der Waals surface area (Å²) in [5, 5.41) is 8.75. The molecule has 2 aromatic heterocycles. The molecule has 190 valence electrons. The van der Waals surface area contributed by atoms with Gasteiger partial charge in [0.15, 0.2) is 0 Å². The standard InChI is InChI=1S/C28H26ClN3O3S2/c29-21-3-1-18(2-4-21)13-30-28(33)23-15-32-16-25(20-5-10-37-17-20)35-24-12-19(11-22(26(24)32)27(23)36)14-31-6-8-34-9-7-31/h1-5,10-12,15,17,25H,6-9,13-14,16H2,(H,30,33). The van der Waals surface area contributed by atoms with E-state index in [0.717, 1.165) is 66.2 Å². The minimum Gasteiger partial charge on any atom is -0.482 e. The van der Waals surface area contributed by atoms with Crippen LogP contribution < -0.4 is 10.1 Å². The molecule has 6 nitrogen and oxygen atoms in total. The van der Waals surface area contributed by atoms with Crippen LogP contribution in [0.2, 0.25) is 5.02 Å². The van der Waals surface area contributed by atoms with E-state index in [4.69, 9.17) is 33.3 Å². The molecule has 2 aliphatic heterocycles. The second kappa shape index (κ2) is 10.6. The Hall–Kier alpha value is -2.75. The van der Waals surface area contributed by atoms with Crippen molar-refractivity contribution < 1.29 is 14.3 Å². The number of halogens is 1. The molecule has 2 aromatic carbocycles. The minimum atomic E-state index is -0.190. The first kappa shape index (κ1) is 24.6. The van der Waals surface area contributed by atoms with Gasteiger partial charge in [0, 0.05) is 48.3 Å². The van der Waals surface area contributed by atoms with Gasteiger partial charge >= 0.3 is 0 Å². The van der Waals surface area contributed by atoms with Crippen molar-refractivity contribution in [1.29, 1.82) is 0 Å². The maximum atomic E-state index is 13.4. The normalized spacial score (nSPS) is 17.5. The number of pyridine rings is 1. The van der Waals surface area contributed by atoms with E-state index in [2.05, 4.69) is 43.7 Å². The SMILES string of the molecule is O=C(NCc1ccc(Cl)cc1)c1cn2c3c(cc(CN4CCOCC4)cc3c1=S)OC(c1ccsc1)C2. The van der Waals surface area contributed by atoms with Crippen LogP contribution in [-0.2, 0) is 24.4 Å². The Kier molecular flexibility index (Phi) is 7.01. The molecule has 1 amide bonds. The monoisotopic (exact) mass is 551 g/mol. The molecule has 0 radical (unpaired) electrons. The second-order valence-electron chi connectivity index (χ2n) is 9.38. The molecule has 1 saturated heterocycles. The lowest BCUT2D eigenvalue weighted by Crippen LogP contribution is -2.35. The highest BCUT2D eigenvalue weighted by Crippen LogP contribution is 2.38. The fourth-order valence-electron chi connectivity index (χ4n) is 4.94. The summed E-state index contributed by atoms with van der Waals surface area (Å²) in [4.78, 5) is 15.7. The summed E-state index contributed by atoms with van der Waals surface area (Å²) in [5.41, 5.74) is 4.66. The van der Waals surface area contributed by atoms with Gasteiger partial charge in [-0.1, -0.05) is 36.0 Å². The van der Waals surface area contributed by atoms with Crippen molar-refractivity contribution in [2.24, 2.45) is 0 Å². The lowest BCUT2D eigenvalue weighted by Gasteiger charge is -2.30. The molecule has 1 N–H and O–H groups in total. The molecule has 1 atom stereocenters. The van der Waals surface area contributed by atoms with Crippen LogP contribution in [0.4, 0.5) is 0 Å². The van der Waals surface area contributed by atoms with Gasteiger partial charge in [0.25, 0.3) is 5.91 Å². The smallest absolute Gasteiger partial charge is 0.254 e. The Morgan fingerprint density at radius 2 is 1.95 bits per heavy atom. The van der Waals surface area contributed by atoms with Crippen molar-refractivity contribution in [2.45, 2.75) is 25.7 Å². The van der Waals surface area contributed by atoms with Crippen molar-refractivity contribution in [2.75, 3.05) is 26.3 Å². The average Bonchev–Trinajstić information content (AvgIpc) is 3.45. The van der Waals surface area contributed by atoms with E-state index in [1.54, 1.807) is 11.3 Å². The van der Waals surface area contributed by atoms with Gasteiger partial charge in [0.2, 0.25) is 0 Å². The quantitative estimate of drug-likeness (QED) is 0.299. The Bertz CT molecular complexity index is 1500. The van der Waals surface area contributed by atoms with Gasteiger partial charge in [0.1, 0.15) is 11.9 Å². The van der Waals surface area contributed by atoms with Crippen molar-refractivity contribution >= 4 is 52.0 Å². The number of hydrogen-bond acceptors (Lipinski definition) is 6. The molecule has 4 aromatic rings. The van der Waals surface area contributed by atoms with Crippen LogP contribution in [-0.4, -0.2) is 41.7 Å². The Morgan fingerprint density at radius 3 is 2.70 bits per heavy atom. The fourth-order valence-corrected chi connectivity index (χ4v) is 6.07. The lowest BCUT2D eigenvalue weighted by molar-refractivity contribution is 0.0341. The van der Waals surface area contributed by atoms with Crippen LogP contribution in [0.5, 0.6) is 5.75 Å². The van der Waals surface area contributed by atoms with Crippen molar-refractivity contribution in [3.05, 3.63) is 91.2 Å². The van der Waals surface area contributed by atoms with E-state index < -0.39 is 0 Å². The van der Waals surface area contributed by atoms with Gasteiger partial charge in [-0.15, -0.1) is 0 Å². The number of hydrogen-bond donors (Lipinski definition) is 1. The highest BCUT2D eigenvalue weighted by Gasteiger charge is 2.26. The average molecular weight is 552 g/mol. The third kappa shape index (κ3) is 5.17. The molecular weight excluding hydrogens is 526 g/mol. The molecule has 37 heavy (non-hydrogen) atoms. The van der Waals surface area contributed by atoms with Crippen molar-refractivity contribution in [3.8, 4) is 5.75 Å². The molecular formula is C28H26ClN3O3S2. The molecule has 0 spiro atoms. The number of aromatic nitrogens is 1. The summed E-state index contributed by atoms with van der Waals surface area (Å²) in [6.45, 7) is 5.03. The molecule has 0 aliphatic carbocycles. The number of carbonyl (C=O) groups is 1. The number of nitrogens with one attached hydrogen (secondary N) is 1. The van der Waals surface area contributed by atoms with E-state index in [1.807, 2.05) is 30.5 Å². The zero-order chi connectivity index (χ0) is 25.4. The van der Waals surface area contributed by atoms with Crippen LogP contribution in [0.1, 0.15) is 33.2 Å². The Balaban J connectivity index is 1.38. The van der Waals surface area contributed by atoms with Crippen LogP contribution in [0.25, 0.3) is 10.9 Å². The first-order valence-electron chi connectivity index (χ1n) is 12.3. The van der Waals surface area contributed by atoms with Crippen LogP contribution in [0.15, 0.2) is 59.4 Å². The summed E-state index contributed by atoms with van der Waals surface area (Å²) in [7, 11) is 0. The van der Waals surface area contributed by atoms with E-state index in [0.29, 0.717) is 28.2 Å². The van der Waals surface area contributed by atoms with Gasteiger partial charge < -0.3 is 19.4 Å². The van der Waals surface area contributed by atoms with Gasteiger partial charge in [-0.25, -0.2) is 0 Å². The molecule has 0 saturated carbocycles. The van der Waals surface area contributed by atoms with E-state index >= 15 is 0 Å². The molecule has 1 unspecified atom stereocenters. The summed E-state index contributed by atoms with van der Waals surface area (Å²) in [6, 6.07) is 13.8. The molecule has 9 heteroatoms. The Labute approximate surface area is 229 Å². The topological polar surface area (TPSA) is 55.7 Å². The summed E-state index contributed by atoms with van der Waals surface area (Å²) < 4.78 is 14.7. The van der Waals surface area contributed by atoms with Crippen molar-refractivity contribution in [3.63, 3.8) is 0 Å². The number of ether oxygens (including phenoxy) is 2.